The van der Waals surface area contributed by atoms with Crippen LogP contribution in [0.2, 0.25) is 5.15 Å². The van der Waals surface area contributed by atoms with Crippen LogP contribution in [0.15, 0.2) is 12.1 Å². The van der Waals surface area contributed by atoms with E-state index < -0.39 is 17.9 Å². The zero-order chi connectivity index (χ0) is 13.7. The first-order valence-electron chi connectivity index (χ1n) is 5.48. The van der Waals surface area contributed by atoms with Gasteiger partial charge in [-0.05, 0) is 18.1 Å². The Morgan fingerprint density at radius 1 is 1.44 bits per heavy atom. The third-order valence-corrected chi connectivity index (χ3v) is 2.83. The molecule has 0 fully saturated rings. The summed E-state index contributed by atoms with van der Waals surface area (Å²) in [6.07, 6.45) is 0.642. The number of carbonyl (C=O) groups is 2. The van der Waals surface area contributed by atoms with Gasteiger partial charge in [0.1, 0.15) is 6.04 Å². The molecule has 2 atom stereocenters. The maximum Gasteiger partial charge on any atom is 0.326 e. The van der Waals surface area contributed by atoms with Crippen LogP contribution in [0.25, 0.3) is 0 Å². The molecule has 1 heterocycles. The fourth-order valence-corrected chi connectivity index (χ4v) is 1.44. The smallest absolute Gasteiger partial charge is 0.326 e. The van der Waals surface area contributed by atoms with Crippen LogP contribution in [-0.2, 0) is 4.79 Å². The van der Waals surface area contributed by atoms with E-state index in [0.717, 1.165) is 0 Å². The summed E-state index contributed by atoms with van der Waals surface area (Å²) in [7, 11) is 0. The number of hydrogen-bond acceptors (Lipinski definition) is 4. The van der Waals surface area contributed by atoms with Gasteiger partial charge in [0.05, 0.1) is 0 Å². The molecule has 18 heavy (non-hydrogen) atoms. The molecule has 1 amide bonds. The molecule has 0 saturated carbocycles. The van der Waals surface area contributed by atoms with Gasteiger partial charge in [0.15, 0.2) is 10.8 Å². The largest absolute Gasteiger partial charge is 0.480 e. The average molecular weight is 272 g/mol. The predicted octanol–water partition coefficient (Wildman–Crippen LogP) is 1.36. The van der Waals surface area contributed by atoms with E-state index >= 15 is 0 Å². The first-order valence-corrected chi connectivity index (χ1v) is 5.86. The zero-order valence-corrected chi connectivity index (χ0v) is 10.8. The summed E-state index contributed by atoms with van der Waals surface area (Å²) in [5.41, 5.74) is 0.0361. The highest BCUT2D eigenvalue weighted by Crippen LogP contribution is 2.09. The van der Waals surface area contributed by atoms with E-state index in [9.17, 15) is 9.59 Å². The maximum absolute atomic E-state index is 11.8. The van der Waals surface area contributed by atoms with E-state index in [1.165, 1.54) is 12.1 Å². The molecule has 2 N–H and O–H groups in total. The van der Waals surface area contributed by atoms with Gasteiger partial charge in [-0.1, -0.05) is 31.9 Å². The van der Waals surface area contributed by atoms with Crippen molar-refractivity contribution in [2.75, 3.05) is 0 Å². The number of carbonyl (C=O) groups excluding carboxylic acids is 1. The molecule has 0 unspecified atom stereocenters. The number of halogens is 1. The molecule has 6 nitrogen and oxygen atoms in total. The minimum Gasteiger partial charge on any atom is -0.480 e. The third-order valence-electron chi connectivity index (χ3n) is 2.63. The number of nitrogens with zero attached hydrogens (tertiary/aromatic N) is 2. The Hall–Kier alpha value is -1.69. The zero-order valence-electron chi connectivity index (χ0n) is 10.1. The molecule has 0 radical (unpaired) electrons. The van der Waals surface area contributed by atoms with Crippen molar-refractivity contribution in [3.63, 3.8) is 0 Å². The lowest BCUT2D eigenvalue weighted by Gasteiger charge is -2.19. The van der Waals surface area contributed by atoms with Crippen molar-refractivity contribution >= 4 is 23.5 Å². The lowest BCUT2D eigenvalue weighted by atomic mass is 9.99. The molecule has 1 rings (SSSR count). The molecule has 1 aromatic heterocycles. The number of rotatable bonds is 5. The first-order chi connectivity index (χ1) is 8.45. The number of amides is 1. The van der Waals surface area contributed by atoms with Gasteiger partial charge in [-0.3, -0.25) is 4.79 Å². The van der Waals surface area contributed by atoms with Crippen molar-refractivity contribution in [3.8, 4) is 0 Å². The van der Waals surface area contributed by atoms with Gasteiger partial charge in [0.25, 0.3) is 5.91 Å². The van der Waals surface area contributed by atoms with E-state index in [-0.39, 0.29) is 16.8 Å². The van der Waals surface area contributed by atoms with Crippen molar-refractivity contribution in [1.29, 1.82) is 0 Å². The molecule has 0 saturated heterocycles. The van der Waals surface area contributed by atoms with Crippen LogP contribution in [0.4, 0.5) is 0 Å². The number of carboxylic acid groups (broad SMARTS) is 1. The molecular weight excluding hydrogens is 258 g/mol. The van der Waals surface area contributed by atoms with E-state index in [1.54, 1.807) is 6.92 Å². The normalized spacial score (nSPS) is 13.7. The Morgan fingerprint density at radius 2 is 2.11 bits per heavy atom. The van der Waals surface area contributed by atoms with Crippen LogP contribution < -0.4 is 5.32 Å². The van der Waals surface area contributed by atoms with Crippen molar-refractivity contribution in [2.24, 2.45) is 5.92 Å². The highest BCUT2D eigenvalue weighted by Gasteiger charge is 2.26. The van der Waals surface area contributed by atoms with Gasteiger partial charge in [0, 0.05) is 0 Å². The summed E-state index contributed by atoms with van der Waals surface area (Å²) in [6, 6.07) is 1.86. The molecule has 98 valence electrons. The minimum absolute atomic E-state index is 0.0361. The third kappa shape index (κ3) is 3.66. The average Bonchev–Trinajstić information content (AvgIpc) is 2.35. The first kappa shape index (κ1) is 14.4. The van der Waals surface area contributed by atoms with Crippen molar-refractivity contribution in [1.82, 2.24) is 15.5 Å². The van der Waals surface area contributed by atoms with E-state index in [2.05, 4.69) is 15.5 Å². The van der Waals surface area contributed by atoms with Crippen molar-refractivity contribution in [3.05, 3.63) is 23.0 Å². The van der Waals surface area contributed by atoms with Gasteiger partial charge in [0.2, 0.25) is 0 Å². The molecular formula is C11H14ClN3O3. The van der Waals surface area contributed by atoms with Crippen LogP contribution in [0, 0.1) is 5.92 Å². The summed E-state index contributed by atoms with van der Waals surface area (Å²) >= 11 is 5.55. The van der Waals surface area contributed by atoms with Crippen molar-refractivity contribution < 1.29 is 14.7 Å². The van der Waals surface area contributed by atoms with Gasteiger partial charge in [-0.15, -0.1) is 10.2 Å². The summed E-state index contributed by atoms with van der Waals surface area (Å²) < 4.78 is 0. The number of nitrogens with one attached hydrogen (secondary N) is 1. The number of hydrogen-bond donors (Lipinski definition) is 2. The van der Waals surface area contributed by atoms with E-state index in [1.807, 2.05) is 6.92 Å². The van der Waals surface area contributed by atoms with Crippen LogP contribution in [0.1, 0.15) is 30.8 Å². The van der Waals surface area contributed by atoms with Gasteiger partial charge < -0.3 is 10.4 Å². The monoisotopic (exact) mass is 271 g/mol. The molecule has 7 heteroatoms. The number of carboxylic acids is 1. The van der Waals surface area contributed by atoms with Crippen molar-refractivity contribution in [2.45, 2.75) is 26.3 Å². The topological polar surface area (TPSA) is 92.2 Å². The quantitative estimate of drug-likeness (QED) is 0.843. The maximum atomic E-state index is 11.8. The predicted molar refractivity (Wildman–Crippen MR) is 65.4 cm³/mol. The molecule has 0 aliphatic carbocycles. The Kier molecular flexibility index (Phi) is 5.03. The molecule has 0 aliphatic heterocycles. The highest BCUT2D eigenvalue weighted by atomic mass is 35.5. The van der Waals surface area contributed by atoms with Crippen LogP contribution >= 0.6 is 11.6 Å². The number of aromatic nitrogens is 2. The molecule has 0 spiro atoms. The Bertz CT molecular complexity index is 436. The summed E-state index contributed by atoms with van der Waals surface area (Å²) in [6.45, 7) is 3.61. The fourth-order valence-electron chi connectivity index (χ4n) is 1.34. The van der Waals surface area contributed by atoms with Gasteiger partial charge in [-0.25, -0.2) is 4.79 Å². The van der Waals surface area contributed by atoms with Gasteiger partial charge in [-0.2, -0.15) is 0 Å². The second-order valence-electron chi connectivity index (χ2n) is 3.92. The number of aliphatic carboxylic acids is 1. The summed E-state index contributed by atoms with van der Waals surface area (Å²) in [5.74, 6) is -1.82. The van der Waals surface area contributed by atoms with Crippen LogP contribution in [0.5, 0.6) is 0 Å². The second-order valence-corrected chi connectivity index (χ2v) is 4.30. The van der Waals surface area contributed by atoms with Crippen LogP contribution in [-0.4, -0.2) is 33.2 Å². The molecule has 0 aliphatic rings. The minimum atomic E-state index is -1.07. The SMILES string of the molecule is CC[C@H](C)[C@H](NC(=O)c1ccc(Cl)nn1)C(=O)O. The second kappa shape index (κ2) is 6.30. The standard InChI is InChI=1S/C11H14ClN3O3/c1-3-6(2)9(11(17)18)13-10(16)7-4-5-8(12)15-14-7/h4-6,9H,3H2,1-2H3,(H,13,16)(H,17,18)/t6-,9-/m0/s1. The van der Waals surface area contributed by atoms with E-state index in [0.29, 0.717) is 6.42 Å². The Morgan fingerprint density at radius 3 is 2.56 bits per heavy atom. The molecule has 1 aromatic rings. The van der Waals surface area contributed by atoms with E-state index in [4.69, 9.17) is 16.7 Å². The fraction of sp³-hybridized carbons (Fsp3) is 0.455. The lowest BCUT2D eigenvalue weighted by molar-refractivity contribution is -0.140. The molecule has 0 aromatic carbocycles. The lowest BCUT2D eigenvalue weighted by Crippen LogP contribution is -2.45. The summed E-state index contributed by atoms with van der Waals surface area (Å²) in [5, 5.41) is 18.7. The highest BCUT2D eigenvalue weighted by molar-refractivity contribution is 6.29. The van der Waals surface area contributed by atoms with Gasteiger partial charge >= 0.3 is 5.97 Å². The molecule has 0 bridgehead atoms. The Balaban J connectivity index is 2.78. The summed E-state index contributed by atoms with van der Waals surface area (Å²) in [4.78, 5) is 22.8. The van der Waals surface area contributed by atoms with Crippen LogP contribution in [0.3, 0.4) is 0 Å². The Labute approximate surface area is 109 Å².